The lowest BCUT2D eigenvalue weighted by molar-refractivity contribution is -0.157. The number of aliphatic hydroxyl groups is 3. The smallest absolute Gasteiger partial charge is 0.410 e. The van der Waals surface area contributed by atoms with Gasteiger partial charge in [0.2, 0.25) is 0 Å². The van der Waals surface area contributed by atoms with Gasteiger partial charge >= 0.3 is 18.0 Å². The molecule has 0 radical (unpaired) electrons. The van der Waals surface area contributed by atoms with E-state index in [2.05, 4.69) is 0 Å². The second kappa shape index (κ2) is 15.2. The highest BCUT2D eigenvalue weighted by molar-refractivity contribution is 5.70. The molecule has 1 amide bonds. The normalized spacial score (nSPS) is 32.6. The number of carbonyl (C=O) groups is 3. The molecule has 2 aliphatic rings. The van der Waals surface area contributed by atoms with Gasteiger partial charge in [-0.15, -0.1) is 0 Å². The van der Waals surface area contributed by atoms with Crippen molar-refractivity contribution in [3.8, 4) is 0 Å². The van der Waals surface area contributed by atoms with E-state index in [0.29, 0.717) is 6.54 Å². The van der Waals surface area contributed by atoms with Crippen LogP contribution in [0.4, 0.5) is 4.79 Å². The van der Waals surface area contributed by atoms with Crippen LogP contribution in [0.2, 0.25) is 0 Å². The topological polar surface area (TPSA) is 143 Å². The molecule has 2 aliphatic heterocycles. The van der Waals surface area contributed by atoms with Crippen molar-refractivity contribution in [3.63, 3.8) is 0 Å². The number of ether oxygens (including phenoxy) is 3. The molecule has 0 unspecified atom stereocenters. The molecule has 39 heavy (non-hydrogen) atoms. The van der Waals surface area contributed by atoms with Crippen molar-refractivity contribution in [1.29, 1.82) is 0 Å². The van der Waals surface area contributed by atoms with Gasteiger partial charge in [-0.1, -0.05) is 38.2 Å². The van der Waals surface area contributed by atoms with Crippen LogP contribution in [-0.2, 0) is 23.8 Å². The van der Waals surface area contributed by atoms with Gasteiger partial charge in [0.15, 0.2) is 0 Å². The number of likely N-dealkylation sites (tertiary alicyclic amines) is 1. The Morgan fingerprint density at radius 2 is 2.00 bits per heavy atom. The van der Waals surface area contributed by atoms with Gasteiger partial charge in [0.1, 0.15) is 17.8 Å². The number of aliphatic hydroxyl groups excluding tert-OH is 2. The van der Waals surface area contributed by atoms with Gasteiger partial charge in [-0.25, -0.2) is 4.79 Å². The summed E-state index contributed by atoms with van der Waals surface area (Å²) in [5.41, 5.74) is -0.686. The van der Waals surface area contributed by atoms with Crippen molar-refractivity contribution in [1.82, 2.24) is 4.90 Å². The minimum absolute atomic E-state index is 0.0728. The molecular weight excluding hydrogens is 506 g/mol. The first kappa shape index (κ1) is 32.5. The summed E-state index contributed by atoms with van der Waals surface area (Å²) in [5.74, 6) is -1.50. The maximum absolute atomic E-state index is 12.6. The SMILES string of the molecule is CC(=O)O[C@H]1/C=C\[C@H](C)[C@@H](/C(C)=C/C=C/[C@@H](C)COC(=O)N2CCC[C@@H]2CO)OC(=O)C[C@H](O)CC[C@@]1(C)O. The summed E-state index contributed by atoms with van der Waals surface area (Å²) in [4.78, 5) is 38.1. The molecule has 7 atom stereocenters. The molecule has 3 N–H and O–H groups in total. The maximum atomic E-state index is 12.6. The molecule has 1 saturated heterocycles. The van der Waals surface area contributed by atoms with Crippen LogP contribution in [0.1, 0.15) is 66.7 Å². The zero-order chi connectivity index (χ0) is 29.2. The number of rotatable bonds is 7. The summed E-state index contributed by atoms with van der Waals surface area (Å²) in [7, 11) is 0. The van der Waals surface area contributed by atoms with E-state index in [4.69, 9.17) is 14.2 Å². The van der Waals surface area contributed by atoms with Gasteiger partial charge < -0.3 is 34.4 Å². The van der Waals surface area contributed by atoms with Crippen LogP contribution in [0, 0.1) is 11.8 Å². The Bertz CT molecular complexity index is 926. The van der Waals surface area contributed by atoms with Crippen molar-refractivity contribution in [2.24, 2.45) is 11.8 Å². The quantitative estimate of drug-likeness (QED) is 0.188. The predicted molar refractivity (Wildman–Crippen MR) is 144 cm³/mol. The second-order valence-corrected chi connectivity index (χ2v) is 11.0. The molecular formula is C29H45NO9. The Labute approximate surface area is 231 Å². The lowest BCUT2D eigenvalue weighted by atomic mass is 9.88. The highest BCUT2D eigenvalue weighted by Gasteiger charge is 2.35. The minimum Gasteiger partial charge on any atom is -0.457 e. The first-order valence-electron chi connectivity index (χ1n) is 13.7. The predicted octanol–water partition coefficient (Wildman–Crippen LogP) is 3.05. The second-order valence-electron chi connectivity index (χ2n) is 11.0. The summed E-state index contributed by atoms with van der Waals surface area (Å²) in [5, 5.41) is 30.7. The highest BCUT2D eigenvalue weighted by atomic mass is 16.6. The maximum Gasteiger partial charge on any atom is 0.410 e. The molecule has 10 nitrogen and oxygen atoms in total. The third-order valence-corrected chi connectivity index (χ3v) is 7.16. The number of cyclic esters (lactones) is 1. The third-order valence-electron chi connectivity index (χ3n) is 7.16. The van der Waals surface area contributed by atoms with Crippen LogP contribution < -0.4 is 0 Å². The van der Waals surface area contributed by atoms with Gasteiger partial charge in [0.05, 0.1) is 31.8 Å². The number of allylic oxidation sites excluding steroid dienone is 2. The van der Waals surface area contributed by atoms with Crippen LogP contribution in [0.25, 0.3) is 0 Å². The largest absolute Gasteiger partial charge is 0.457 e. The lowest BCUT2D eigenvalue weighted by Crippen LogP contribution is -2.42. The van der Waals surface area contributed by atoms with Crippen molar-refractivity contribution in [2.45, 2.75) is 96.7 Å². The number of carbonyl (C=O) groups excluding carboxylic acids is 3. The van der Waals surface area contributed by atoms with E-state index in [-0.39, 0.29) is 50.4 Å². The lowest BCUT2D eigenvalue weighted by Gasteiger charge is -2.32. The van der Waals surface area contributed by atoms with Gasteiger partial charge in [-0.3, -0.25) is 9.59 Å². The van der Waals surface area contributed by atoms with Gasteiger partial charge in [0.25, 0.3) is 0 Å². The average molecular weight is 552 g/mol. The fourth-order valence-corrected chi connectivity index (χ4v) is 4.73. The van der Waals surface area contributed by atoms with E-state index in [0.717, 1.165) is 18.4 Å². The number of hydrogen-bond acceptors (Lipinski definition) is 9. The van der Waals surface area contributed by atoms with Gasteiger partial charge in [-0.05, 0) is 51.2 Å². The summed E-state index contributed by atoms with van der Waals surface area (Å²) >= 11 is 0. The zero-order valence-electron chi connectivity index (χ0n) is 23.7. The van der Waals surface area contributed by atoms with Crippen LogP contribution in [-0.4, -0.2) is 88.0 Å². The van der Waals surface area contributed by atoms with E-state index in [1.165, 1.54) is 13.8 Å². The standard InChI is InChI=1S/C29H45NO9/c1-19(18-37-28(35)30-15-7-10-23(30)17-31)8-6-9-20(2)27-21(3)11-12-25(38-22(4)32)29(5,36)14-13-24(33)16-26(34)39-27/h6,8-9,11-12,19,21,23-25,27,31,33,36H,7,10,13-18H2,1-5H3/b8-6+,12-11-,20-9+/t19-,21+,23-,24-,25+,27-,29-/m1/s1. The minimum atomic E-state index is -1.43. The molecule has 10 heteroatoms. The van der Waals surface area contributed by atoms with Crippen molar-refractivity contribution in [2.75, 3.05) is 19.8 Å². The molecule has 0 aliphatic carbocycles. The zero-order valence-corrected chi connectivity index (χ0v) is 23.7. The van der Waals surface area contributed by atoms with Gasteiger partial charge in [-0.2, -0.15) is 0 Å². The number of amides is 1. The Morgan fingerprint density at radius 3 is 2.67 bits per heavy atom. The summed E-state index contributed by atoms with van der Waals surface area (Å²) < 4.78 is 16.5. The Hall–Kier alpha value is -2.69. The Balaban J connectivity index is 2.11. The van der Waals surface area contributed by atoms with E-state index >= 15 is 0 Å². The first-order valence-corrected chi connectivity index (χ1v) is 13.7. The molecule has 0 saturated carbocycles. The van der Waals surface area contributed by atoms with Crippen LogP contribution in [0.3, 0.4) is 0 Å². The fourth-order valence-electron chi connectivity index (χ4n) is 4.73. The molecule has 2 rings (SSSR count). The third kappa shape index (κ3) is 10.4. The Kier molecular flexibility index (Phi) is 12.7. The molecule has 2 heterocycles. The number of nitrogens with zero attached hydrogens (tertiary/aromatic N) is 1. The number of hydrogen-bond donors (Lipinski definition) is 3. The van der Waals surface area contributed by atoms with E-state index in [1.807, 2.05) is 39.0 Å². The monoisotopic (exact) mass is 551 g/mol. The molecule has 220 valence electrons. The van der Waals surface area contributed by atoms with Crippen molar-refractivity contribution < 1.29 is 43.9 Å². The van der Waals surface area contributed by atoms with E-state index in [1.54, 1.807) is 17.1 Å². The van der Waals surface area contributed by atoms with E-state index in [9.17, 15) is 29.7 Å². The first-order chi connectivity index (χ1) is 18.3. The van der Waals surface area contributed by atoms with Crippen molar-refractivity contribution in [3.05, 3.63) is 36.0 Å². The summed E-state index contributed by atoms with van der Waals surface area (Å²) in [6.07, 6.45) is 7.47. The summed E-state index contributed by atoms with van der Waals surface area (Å²) in [6.45, 7) is 9.07. The summed E-state index contributed by atoms with van der Waals surface area (Å²) in [6, 6.07) is -0.185. The molecule has 0 spiro atoms. The highest BCUT2D eigenvalue weighted by Crippen LogP contribution is 2.27. The van der Waals surface area contributed by atoms with Crippen molar-refractivity contribution >= 4 is 18.0 Å². The average Bonchev–Trinajstić information content (AvgIpc) is 3.35. The van der Waals surface area contributed by atoms with Crippen LogP contribution in [0.5, 0.6) is 0 Å². The van der Waals surface area contributed by atoms with Gasteiger partial charge in [0, 0.05) is 25.3 Å². The molecule has 0 aromatic rings. The fraction of sp³-hybridized carbons (Fsp3) is 0.690. The molecule has 0 aromatic carbocycles. The Morgan fingerprint density at radius 1 is 1.28 bits per heavy atom. The molecule has 0 bridgehead atoms. The molecule has 1 fully saturated rings. The van der Waals surface area contributed by atoms with Crippen LogP contribution >= 0.6 is 0 Å². The van der Waals surface area contributed by atoms with Crippen LogP contribution in [0.15, 0.2) is 36.0 Å². The van der Waals surface area contributed by atoms with E-state index < -0.39 is 41.9 Å². The number of esters is 2. The molecule has 0 aromatic heterocycles.